The summed E-state index contributed by atoms with van der Waals surface area (Å²) in [6, 6.07) is 5.53. The van der Waals surface area contributed by atoms with Gasteiger partial charge in [0.25, 0.3) is 5.91 Å². The highest BCUT2D eigenvalue weighted by Gasteiger charge is 2.24. The van der Waals surface area contributed by atoms with Gasteiger partial charge in [0, 0.05) is 6.04 Å². The number of carbonyl (C=O) groups is 1. The van der Waals surface area contributed by atoms with Crippen molar-refractivity contribution in [3.8, 4) is 0 Å². The highest BCUT2D eigenvalue weighted by atomic mass is 16.1. The Morgan fingerprint density at radius 1 is 1.53 bits per heavy atom. The number of benzene rings is 1. The van der Waals surface area contributed by atoms with Crippen molar-refractivity contribution in [1.82, 2.24) is 0 Å². The smallest absolute Gasteiger partial charge is 0.250 e. The normalized spacial score (nSPS) is 16.5. The van der Waals surface area contributed by atoms with Crippen molar-refractivity contribution < 1.29 is 4.79 Å². The van der Waals surface area contributed by atoms with E-state index in [0.29, 0.717) is 23.0 Å². The molecule has 4 nitrogen and oxygen atoms in total. The predicted molar refractivity (Wildman–Crippen MR) is 69.8 cm³/mol. The van der Waals surface area contributed by atoms with Crippen LogP contribution in [-0.2, 0) is 0 Å². The fourth-order valence-corrected chi connectivity index (χ4v) is 2.10. The van der Waals surface area contributed by atoms with Crippen LogP contribution >= 0.6 is 0 Å². The van der Waals surface area contributed by atoms with E-state index >= 15 is 0 Å². The van der Waals surface area contributed by atoms with Crippen LogP contribution in [0.25, 0.3) is 0 Å². The summed E-state index contributed by atoms with van der Waals surface area (Å²) in [5.41, 5.74) is 12.9. The molecule has 0 spiro atoms. The molecule has 0 aromatic heterocycles. The van der Waals surface area contributed by atoms with E-state index < -0.39 is 5.91 Å². The zero-order valence-corrected chi connectivity index (χ0v) is 10.1. The first-order chi connectivity index (χ1) is 8.08. The number of nitrogens with one attached hydrogen (secondary N) is 1. The van der Waals surface area contributed by atoms with Gasteiger partial charge in [0.05, 0.1) is 16.9 Å². The van der Waals surface area contributed by atoms with Crippen LogP contribution in [-0.4, -0.2) is 11.9 Å². The second kappa shape index (κ2) is 4.65. The van der Waals surface area contributed by atoms with Crippen molar-refractivity contribution in [3.63, 3.8) is 0 Å². The van der Waals surface area contributed by atoms with Crippen molar-refractivity contribution in [2.45, 2.75) is 32.2 Å². The fraction of sp³-hybridized carbons (Fsp3) is 0.462. The molecular formula is C13H19N3O. The monoisotopic (exact) mass is 233 g/mol. The lowest BCUT2D eigenvalue weighted by Gasteiger charge is -2.18. The van der Waals surface area contributed by atoms with Crippen molar-refractivity contribution in [3.05, 3.63) is 23.8 Å². The van der Waals surface area contributed by atoms with Crippen LogP contribution in [0.15, 0.2) is 18.2 Å². The van der Waals surface area contributed by atoms with Gasteiger partial charge in [-0.1, -0.05) is 18.9 Å². The number of para-hydroxylation sites is 1. The van der Waals surface area contributed by atoms with Crippen LogP contribution in [0, 0.1) is 5.92 Å². The average Bonchev–Trinajstić information content (AvgIpc) is 3.04. The molecule has 0 aliphatic heterocycles. The molecule has 0 saturated heterocycles. The summed E-state index contributed by atoms with van der Waals surface area (Å²) in [6.45, 7) is 2.11. The average molecular weight is 233 g/mol. The largest absolute Gasteiger partial charge is 0.397 e. The minimum atomic E-state index is -0.446. The number of hydrogen-bond acceptors (Lipinski definition) is 3. The maximum atomic E-state index is 11.3. The van der Waals surface area contributed by atoms with Crippen LogP contribution in [0.1, 0.15) is 36.5 Å². The summed E-state index contributed by atoms with van der Waals surface area (Å²) in [6.07, 6.45) is 3.75. The van der Waals surface area contributed by atoms with Gasteiger partial charge in [0.15, 0.2) is 0 Å². The molecule has 4 heteroatoms. The molecule has 2 rings (SSSR count). The Hall–Kier alpha value is -1.71. The number of nitrogen functional groups attached to an aromatic ring is 1. The van der Waals surface area contributed by atoms with E-state index in [9.17, 15) is 4.79 Å². The minimum absolute atomic E-state index is 0.310. The molecule has 1 aromatic carbocycles. The van der Waals surface area contributed by atoms with E-state index in [1.165, 1.54) is 12.8 Å². The third-order valence-electron chi connectivity index (χ3n) is 3.14. The summed E-state index contributed by atoms with van der Waals surface area (Å²) in [4.78, 5) is 11.3. The lowest BCUT2D eigenvalue weighted by Crippen LogP contribution is -2.21. The van der Waals surface area contributed by atoms with Crippen LogP contribution in [0.4, 0.5) is 11.4 Å². The van der Waals surface area contributed by atoms with Crippen LogP contribution in [0.3, 0.4) is 0 Å². The van der Waals surface area contributed by atoms with Gasteiger partial charge in [-0.2, -0.15) is 0 Å². The molecule has 5 N–H and O–H groups in total. The standard InChI is InChI=1S/C13H19N3O/c1-8(7-9-5-6-9)16-12-10(13(15)17)3-2-4-11(12)14/h2-4,8-9,16H,5-7,14H2,1H3,(H2,15,17). The van der Waals surface area contributed by atoms with Gasteiger partial charge >= 0.3 is 0 Å². The molecule has 0 radical (unpaired) electrons. The first kappa shape index (κ1) is 11.8. The van der Waals surface area contributed by atoms with Gasteiger partial charge in [0.2, 0.25) is 0 Å². The van der Waals surface area contributed by atoms with Crippen LogP contribution in [0.5, 0.6) is 0 Å². The molecule has 0 heterocycles. The van der Waals surface area contributed by atoms with E-state index in [4.69, 9.17) is 11.5 Å². The zero-order valence-electron chi connectivity index (χ0n) is 10.1. The SMILES string of the molecule is CC(CC1CC1)Nc1c(N)cccc1C(N)=O. The Bertz CT molecular complexity index is 427. The maximum Gasteiger partial charge on any atom is 0.250 e. The molecule has 92 valence electrons. The van der Waals surface area contributed by atoms with Crippen molar-refractivity contribution in [2.75, 3.05) is 11.1 Å². The van der Waals surface area contributed by atoms with E-state index in [1.807, 2.05) is 0 Å². The fourth-order valence-electron chi connectivity index (χ4n) is 2.10. The summed E-state index contributed by atoms with van der Waals surface area (Å²) in [5.74, 6) is 0.387. The maximum absolute atomic E-state index is 11.3. The number of amides is 1. The molecule has 0 bridgehead atoms. The Morgan fingerprint density at radius 2 is 2.24 bits per heavy atom. The first-order valence-electron chi connectivity index (χ1n) is 6.02. The lowest BCUT2D eigenvalue weighted by molar-refractivity contribution is 0.100. The van der Waals surface area contributed by atoms with Gasteiger partial charge in [-0.15, -0.1) is 0 Å². The van der Waals surface area contributed by atoms with E-state index in [-0.39, 0.29) is 0 Å². The van der Waals surface area contributed by atoms with Crippen LogP contribution < -0.4 is 16.8 Å². The van der Waals surface area contributed by atoms with Crippen molar-refractivity contribution in [2.24, 2.45) is 11.7 Å². The van der Waals surface area contributed by atoms with Gasteiger partial charge < -0.3 is 16.8 Å². The number of carbonyl (C=O) groups excluding carboxylic acids is 1. The summed E-state index contributed by atoms with van der Waals surface area (Å²) in [5, 5.41) is 3.31. The number of nitrogens with two attached hydrogens (primary N) is 2. The summed E-state index contributed by atoms with van der Waals surface area (Å²) in [7, 11) is 0. The Morgan fingerprint density at radius 3 is 2.82 bits per heavy atom. The quantitative estimate of drug-likeness (QED) is 0.680. The third-order valence-corrected chi connectivity index (χ3v) is 3.14. The molecule has 1 atom stereocenters. The van der Waals surface area contributed by atoms with Gasteiger partial charge in [-0.05, 0) is 31.4 Å². The topological polar surface area (TPSA) is 81.1 Å². The van der Waals surface area contributed by atoms with Gasteiger partial charge in [0.1, 0.15) is 0 Å². The zero-order chi connectivity index (χ0) is 12.4. The molecular weight excluding hydrogens is 214 g/mol. The second-order valence-corrected chi connectivity index (χ2v) is 4.86. The highest BCUT2D eigenvalue weighted by Crippen LogP contribution is 2.34. The Balaban J connectivity index is 2.14. The number of rotatable bonds is 5. The summed E-state index contributed by atoms with van der Waals surface area (Å²) < 4.78 is 0. The molecule has 1 fully saturated rings. The predicted octanol–water partition coefficient (Wildman–Crippen LogP) is 1.97. The Kier molecular flexibility index (Phi) is 3.22. The molecule has 1 amide bonds. The molecule has 1 aliphatic rings. The first-order valence-corrected chi connectivity index (χ1v) is 6.02. The van der Waals surface area contributed by atoms with Crippen LogP contribution in [0.2, 0.25) is 0 Å². The molecule has 17 heavy (non-hydrogen) atoms. The van der Waals surface area contributed by atoms with Gasteiger partial charge in [-0.25, -0.2) is 0 Å². The summed E-state index contributed by atoms with van der Waals surface area (Å²) >= 11 is 0. The molecule has 1 aliphatic carbocycles. The van der Waals surface area contributed by atoms with Gasteiger partial charge in [-0.3, -0.25) is 4.79 Å². The number of primary amides is 1. The lowest BCUT2D eigenvalue weighted by atomic mass is 10.1. The highest BCUT2D eigenvalue weighted by molar-refractivity contribution is 6.01. The number of hydrogen-bond donors (Lipinski definition) is 3. The van der Waals surface area contributed by atoms with E-state index in [0.717, 1.165) is 12.3 Å². The van der Waals surface area contributed by atoms with Crippen molar-refractivity contribution >= 4 is 17.3 Å². The Labute approximate surface area is 101 Å². The number of anilines is 2. The third kappa shape index (κ3) is 2.90. The van der Waals surface area contributed by atoms with E-state index in [2.05, 4.69) is 12.2 Å². The van der Waals surface area contributed by atoms with E-state index in [1.54, 1.807) is 18.2 Å². The second-order valence-electron chi connectivity index (χ2n) is 4.86. The molecule has 1 unspecified atom stereocenters. The molecule has 1 saturated carbocycles. The van der Waals surface area contributed by atoms with Crippen molar-refractivity contribution in [1.29, 1.82) is 0 Å². The molecule has 1 aromatic rings. The minimum Gasteiger partial charge on any atom is -0.397 e.